The summed E-state index contributed by atoms with van der Waals surface area (Å²) < 4.78 is 23.8. The number of nitrogens with one attached hydrogen (secondary N) is 2. The molecule has 14 heteroatoms. The lowest BCUT2D eigenvalue weighted by atomic mass is 9.59. The number of ether oxygens (including phenoxy) is 4. The second-order valence-electron chi connectivity index (χ2n) is 14.8. The zero-order valence-corrected chi connectivity index (χ0v) is 30.7. The van der Waals surface area contributed by atoms with E-state index >= 15 is 0 Å². The summed E-state index contributed by atoms with van der Waals surface area (Å²) in [5, 5.41) is 69.1. The van der Waals surface area contributed by atoms with E-state index < -0.39 is 48.3 Å². The van der Waals surface area contributed by atoms with Crippen molar-refractivity contribution in [3.05, 3.63) is 77.2 Å². The summed E-state index contributed by atoms with van der Waals surface area (Å²) in [4.78, 5) is 12.8. The van der Waals surface area contributed by atoms with Crippen molar-refractivity contribution in [2.45, 2.75) is 75.8 Å². The molecular weight excluding hydrogens is 698 g/mol. The van der Waals surface area contributed by atoms with Crippen LogP contribution in [0, 0.1) is 23.2 Å². The highest BCUT2D eigenvalue weighted by Crippen LogP contribution is 2.55. The highest BCUT2D eigenvalue weighted by Gasteiger charge is 2.57. The van der Waals surface area contributed by atoms with Gasteiger partial charge in [0.2, 0.25) is 5.75 Å². The van der Waals surface area contributed by atoms with Crippen LogP contribution < -0.4 is 30.6 Å². The Kier molecular flexibility index (Phi) is 12.3. The van der Waals surface area contributed by atoms with Crippen LogP contribution in [0.25, 0.3) is 0 Å². The summed E-state index contributed by atoms with van der Waals surface area (Å²) in [6.07, 6.45) is 8.78. The number of aliphatic carboxylic acids is 1. The number of aliphatic hydroxyl groups excluding tert-OH is 3. The van der Waals surface area contributed by atoms with Crippen molar-refractivity contribution in [3.63, 3.8) is 0 Å². The number of rotatable bonds is 14. The fraction of sp³-hybridized carbons (Fsp3) is 0.525. The van der Waals surface area contributed by atoms with E-state index in [1.54, 1.807) is 30.3 Å². The monoisotopic (exact) mass is 751 g/mol. The SMILES string of the molecule is COc1cc(C2OC(CCc3ccc(O)c(OCO)c3)CC(O)C2CCO)cc(OCC2NC(C)CCC23C(C(=O)O)C=CC3C2=CCNC(N)=C2)c1O. The standard InChI is InChI=1S/C40H53N3O11/c1-22-9-12-40(28(6-7-29(40)39(49)50)24-10-13-42-36(41)18-24)35(43-22)20-52-34-17-25(16-33(51-2)37(34)48)38-27(11-14-44)31(47)19-26(54-38)5-3-23-4-8-30(46)32(15-23)53-21-45/h4,6-8,10,15-18,22,26-29,31,35,38,42-48H,3,5,9,11-14,19-21,41H2,1-2H3,(H,49,50). The molecule has 2 aromatic rings. The first-order valence-corrected chi connectivity index (χ1v) is 18.6. The number of methoxy groups -OCH3 is 1. The van der Waals surface area contributed by atoms with Crippen molar-refractivity contribution in [1.82, 2.24) is 10.6 Å². The Morgan fingerprint density at radius 3 is 2.59 bits per heavy atom. The van der Waals surface area contributed by atoms with E-state index in [9.17, 15) is 30.3 Å². The lowest BCUT2D eigenvalue weighted by molar-refractivity contribution is -0.147. The number of aromatic hydroxyl groups is 2. The molecule has 4 aliphatic rings. The third kappa shape index (κ3) is 7.98. The van der Waals surface area contributed by atoms with Gasteiger partial charge < -0.3 is 66.0 Å². The Morgan fingerprint density at radius 2 is 1.87 bits per heavy atom. The number of nitrogens with two attached hydrogens (primary N) is 1. The van der Waals surface area contributed by atoms with E-state index in [1.165, 1.54) is 13.2 Å². The summed E-state index contributed by atoms with van der Waals surface area (Å²) in [5.74, 6) is -1.82. The molecule has 1 aliphatic carbocycles. The van der Waals surface area contributed by atoms with Gasteiger partial charge in [-0.15, -0.1) is 0 Å². The minimum atomic E-state index is -0.921. The quantitative estimate of drug-likeness (QED) is 0.100. The molecule has 294 valence electrons. The van der Waals surface area contributed by atoms with Crippen LogP contribution in [-0.2, 0) is 16.0 Å². The number of aryl methyl sites for hydroxylation is 1. The number of allylic oxidation sites excluding steroid dienone is 3. The van der Waals surface area contributed by atoms with Crippen LogP contribution >= 0.6 is 0 Å². The van der Waals surface area contributed by atoms with Gasteiger partial charge in [0.15, 0.2) is 29.8 Å². The molecule has 9 unspecified atom stereocenters. The third-order valence-electron chi connectivity index (χ3n) is 11.6. The molecule has 6 rings (SSSR count). The van der Waals surface area contributed by atoms with Crippen LogP contribution in [0.4, 0.5) is 0 Å². The van der Waals surface area contributed by atoms with E-state index in [0.29, 0.717) is 43.6 Å². The van der Waals surface area contributed by atoms with Crippen molar-refractivity contribution in [3.8, 4) is 28.7 Å². The van der Waals surface area contributed by atoms with Gasteiger partial charge in [0.05, 0.1) is 37.2 Å². The number of benzene rings is 2. The topological polar surface area (TPSA) is 225 Å². The summed E-state index contributed by atoms with van der Waals surface area (Å²) in [6, 6.07) is 7.85. The minimum absolute atomic E-state index is 0.0304. The highest BCUT2D eigenvalue weighted by atomic mass is 16.6. The van der Waals surface area contributed by atoms with Gasteiger partial charge in [0.1, 0.15) is 6.61 Å². The average molecular weight is 752 g/mol. The molecule has 0 radical (unpaired) electrons. The van der Waals surface area contributed by atoms with Crippen LogP contribution in [0.15, 0.2) is 66.0 Å². The van der Waals surface area contributed by atoms with Gasteiger partial charge in [-0.2, -0.15) is 0 Å². The molecule has 54 heavy (non-hydrogen) atoms. The van der Waals surface area contributed by atoms with Crippen LogP contribution in [-0.4, -0.2) is 94.6 Å². The minimum Gasteiger partial charge on any atom is -0.504 e. The zero-order valence-electron chi connectivity index (χ0n) is 30.7. The van der Waals surface area contributed by atoms with Gasteiger partial charge in [-0.1, -0.05) is 24.3 Å². The molecule has 0 bridgehead atoms. The van der Waals surface area contributed by atoms with Crippen molar-refractivity contribution in [2.24, 2.45) is 28.9 Å². The van der Waals surface area contributed by atoms with Gasteiger partial charge in [-0.05, 0) is 92.5 Å². The van der Waals surface area contributed by atoms with Crippen LogP contribution in [0.2, 0.25) is 0 Å². The number of carboxylic acid groups (broad SMARTS) is 1. The zero-order chi connectivity index (χ0) is 38.6. The van der Waals surface area contributed by atoms with Gasteiger partial charge in [0, 0.05) is 42.5 Å². The molecule has 14 nitrogen and oxygen atoms in total. The molecule has 0 aromatic heterocycles. The predicted molar refractivity (Wildman–Crippen MR) is 198 cm³/mol. The maximum atomic E-state index is 12.8. The van der Waals surface area contributed by atoms with Crippen molar-refractivity contribution in [1.29, 1.82) is 0 Å². The molecule has 2 fully saturated rings. The van der Waals surface area contributed by atoms with Crippen molar-refractivity contribution >= 4 is 5.97 Å². The maximum Gasteiger partial charge on any atom is 0.311 e. The second-order valence-corrected chi connectivity index (χ2v) is 14.8. The summed E-state index contributed by atoms with van der Waals surface area (Å²) in [7, 11) is 1.43. The molecule has 9 atom stereocenters. The largest absolute Gasteiger partial charge is 0.504 e. The lowest BCUT2D eigenvalue weighted by Crippen LogP contribution is -2.61. The van der Waals surface area contributed by atoms with E-state index in [-0.39, 0.29) is 66.4 Å². The molecule has 2 saturated heterocycles. The molecule has 3 heterocycles. The first-order chi connectivity index (χ1) is 26.0. The molecule has 0 saturated carbocycles. The maximum absolute atomic E-state index is 12.8. The van der Waals surface area contributed by atoms with Crippen LogP contribution in [0.5, 0.6) is 28.7 Å². The number of aliphatic hydroxyl groups is 3. The Labute approximate surface area is 314 Å². The fourth-order valence-corrected chi connectivity index (χ4v) is 8.92. The third-order valence-corrected chi connectivity index (χ3v) is 11.6. The fourth-order valence-electron chi connectivity index (χ4n) is 8.92. The Bertz CT molecular complexity index is 1750. The summed E-state index contributed by atoms with van der Waals surface area (Å²) in [5.41, 5.74) is 7.74. The van der Waals surface area contributed by atoms with E-state index in [0.717, 1.165) is 17.6 Å². The number of dihydropyridines is 1. The first kappa shape index (κ1) is 39.2. The average Bonchev–Trinajstić information content (AvgIpc) is 3.54. The van der Waals surface area contributed by atoms with Crippen molar-refractivity contribution in [2.75, 3.05) is 33.7 Å². The number of hydrogen-bond acceptors (Lipinski definition) is 13. The van der Waals surface area contributed by atoms with Crippen molar-refractivity contribution < 1.29 is 54.4 Å². The van der Waals surface area contributed by atoms with E-state index in [2.05, 4.69) is 17.6 Å². The number of piperidine rings is 1. The Hall–Kier alpha value is -4.47. The second kappa shape index (κ2) is 16.9. The summed E-state index contributed by atoms with van der Waals surface area (Å²) in [6.45, 7) is 1.87. The van der Waals surface area contributed by atoms with Gasteiger partial charge in [-0.3, -0.25) is 4.79 Å². The lowest BCUT2D eigenvalue weighted by Gasteiger charge is -2.50. The first-order valence-electron chi connectivity index (χ1n) is 18.6. The number of carbonyl (C=O) groups is 1. The number of phenols is 2. The summed E-state index contributed by atoms with van der Waals surface area (Å²) >= 11 is 0. The molecular formula is C40H53N3O11. The molecule has 3 aliphatic heterocycles. The van der Waals surface area contributed by atoms with Gasteiger partial charge in [0.25, 0.3) is 0 Å². The van der Waals surface area contributed by atoms with Crippen LogP contribution in [0.1, 0.15) is 56.3 Å². The number of phenolic OH excluding ortho intramolecular Hbond substituents is 2. The molecule has 1 spiro atoms. The number of carboxylic acids is 1. The highest BCUT2D eigenvalue weighted by molar-refractivity contribution is 5.75. The van der Waals surface area contributed by atoms with E-state index in [1.807, 2.05) is 18.2 Å². The smallest absolute Gasteiger partial charge is 0.311 e. The molecule has 0 amide bonds. The normalized spacial score (nSPS) is 30.7. The Morgan fingerprint density at radius 1 is 1.07 bits per heavy atom. The van der Waals surface area contributed by atoms with Crippen LogP contribution in [0.3, 0.4) is 0 Å². The number of hydrogen-bond donors (Lipinski definition) is 9. The Balaban J connectivity index is 1.27. The van der Waals surface area contributed by atoms with Gasteiger partial charge >= 0.3 is 5.97 Å². The van der Waals surface area contributed by atoms with Gasteiger partial charge in [-0.25, -0.2) is 0 Å². The molecule has 10 N–H and O–H groups in total. The predicted octanol–water partition coefficient (Wildman–Crippen LogP) is 2.98. The van der Waals surface area contributed by atoms with E-state index in [4.69, 9.17) is 29.8 Å². The molecule has 2 aromatic carbocycles.